The Kier molecular flexibility index (Phi) is 5.94. The van der Waals surface area contributed by atoms with Crippen molar-refractivity contribution in [2.45, 2.75) is 27.3 Å². The minimum Gasteiger partial charge on any atom is -0.494 e. The van der Waals surface area contributed by atoms with Crippen LogP contribution in [0.5, 0.6) is 5.75 Å². The highest BCUT2D eigenvalue weighted by Gasteiger charge is 2.19. The summed E-state index contributed by atoms with van der Waals surface area (Å²) in [4.78, 5) is 16.6. The zero-order chi connectivity index (χ0) is 18.5. The number of hydrogen-bond donors (Lipinski definition) is 0. The second-order valence-corrected chi connectivity index (χ2v) is 6.91. The van der Waals surface area contributed by atoms with Crippen LogP contribution in [0, 0.1) is 6.92 Å². The van der Waals surface area contributed by atoms with Gasteiger partial charge in [0.05, 0.1) is 6.61 Å². The normalized spacial score (nSPS) is 15.1. The van der Waals surface area contributed by atoms with Gasteiger partial charge in [0.15, 0.2) is 5.78 Å². The van der Waals surface area contributed by atoms with Crippen molar-refractivity contribution in [1.82, 2.24) is 4.90 Å². The van der Waals surface area contributed by atoms with E-state index in [0.29, 0.717) is 6.61 Å². The standard InChI is InChI=1S/C22H28N2O2/c1-4-26-22-9-8-19(18(3)25)15-20(22)16-23-10-12-24(13-11-23)21-7-5-6-17(2)14-21/h5-9,14-15H,4,10-13,16H2,1-3H3. The first kappa shape index (κ1) is 18.5. The van der Waals surface area contributed by atoms with Crippen LogP contribution in [0.15, 0.2) is 42.5 Å². The number of Topliss-reactive ketones (excluding diaryl/α,β-unsaturated/α-hetero) is 1. The van der Waals surface area contributed by atoms with Crippen LogP contribution in [0.1, 0.15) is 35.3 Å². The van der Waals surface area contributed by atoms with Gasteiger partial charge in [-0.25, -0.2) is 0 Å². The molecule has 0 atom stereocenters. The zero-order valence-electron chi connectivity index (χ0n) is 16.0. The number of anilines is 1. The summed E-state index contributed by atoms with van der Waals surface area (Å²) < 4.78 is 5.77. The number of carbonyl (C=O) groups excluding carboxylic acids is 1. The largest absolute Gasteiger partial charge is 0.494 e. The first-order valence-corrected chi connectivity index (χ1v) is 9.37. The van der Waals surface area contributed by atoms with Crippen molar-refractivity contribution in [2.24, 2.45) is 0 Å². The van der Waals surface area contributed by atoms with Gasteiger partial charge in [-0.1, -0.05) is 12.1 Å². The second kappa shape index (κ2) is 8.37. The van der Waals surface area contributed by atoms with Crippen LogP contribution in [0.25, 0.3) is 0 Å². The molecule has 0 radical (unpaired) electrons. The highest BCUT2D eigenvalue weighted by atomic mass is 16.5. The Hall–Kier alpha value is -2.33. The summed E-state index contributed by atoms with van der Waals surface area (Å²) in [6.07, 6.45) is 0. The SMILES string of the molecule is CCOc1ccc(C(C)=O)cc1CN1CCN(c2cccc(C)c2)CC1. The first-order valence-electron chi connectivity index (χ1n) is 9.37. The minimum atomic E-state index is 0.0959. The maximum absolute atomic E-state index is 11.7. The minimum absolute atomic E-state index is 0.0959. The van der Waals surface area contributed by atoms with E-state index in [1.54, 1.807) is 6.92 Å². The average Bonchev–Trinajstić information content (AvgIpc) is 2.64. The smallest absolute Gasteiger partial charge is 0.159 e. The number of piperazine rings is 1. The van der Waals surface area contributed by atoms with Gasteiger partial charge < -0.3 is 9.64 Å². The highest BCUT2D eigenvalue weighted by Crippen LogP contribution is 2.24. The number of rotatable bonds is 6. The quantitative estimate of drug-likeness (QED) is 0.738. The molecule has 3 rings (SSSR count). The van der Waals surface area contributed by atoms with E-state index >= 15 is 0 Å². The van der Waals surface area contributed by atoms with Crippen LogP contribution in [-0.2, 0) is 6.54 Å². The second-order valence-electron chi connectivity index (χ2n) is 6.91. The molecular formula is C22H28N2O2. The van der Waals surface area contributed by atoms with Gasteiger partial charge in [-0.05, 0) is 56.7 Å². The molecule has 0 aliphatic carbocycles. The molecule has 1 aliphatic heterocycles. The molecular weight excluding hydrogens is 324 g/mol. The van der Waals surface area contributed by atoms with Gasteiger partial charge in [-0.2, -0.15) is 0 Å². The Morgan fingerprint density at radius 2 is 1.85 bits per heavy atom. The Labute approximate surface area is 156 Å². The topological polar surface area (TPSA) is 32.8 Å². The third-order valence-electron chi connectivity index (χ3n) is 4.90. The third-order valence-corrected chi connectivity index (χ3v) is 4.90. The molecule has 0 aromatic heterocycles. The lowest BCUT2D eigenvalue weighted by atomic mass is 10.1. The Balaban J connectivity index is 1.67. The summed E-state index contributed by atoms with van der Waals surface area (Å²) in [6, 6.07) is 14.5. The lowest BCUT2D eigenvalue weighted by Gasteiger charge is -2.36. The molecule has 1 fully saturated rings. The molecule has 0 spiro atoms. The molecule has 138 valence electrons. The molecule has 0 bridgehead atoms. The molecule has 1 saturated heterocycles. The van der Waals surface area contributed by atoms with Crippen molar-refractivity contribution in [2.75, 3.05) is 37.7 Å². The van der Waals surface area contributed by atoms with E-state index in [2.05, 4.69) is 41.0 Å². The highest BCUT2D eigenvalue weighted by molar-refractivity contribution is 5.94. The Morgan fingerprint density at radius 3 is 2.50 bits per heavy atom. The predicted octanol–water partition coefficient (Wildman–Crippen LogP) is 3.92. The summed E-state index contributed by atoms with van der Waals surface area (Å²) >= 11 is 0. The van der Waals surface area contributed by atoms with Crippen molar-refractivity contribution < 1.29 is 9.53 Å². The van der Waals surface area contributed by atoms with Crippen molar-refractivity contribution in [1.29, 1.82) is 0 Å². The van der Waals surface area contributed by atoms with E-state index in [9.17, 15) is 4.79 Å². The number of nitrogens with zero attached hydrogens (tertiary/aromatic N) is 2. The van der Waals surface area contributed by atoms with Gasteiger partial charge in [0.1, 0.15) is 5.75 Å². The zero-order valence-corrected chi connectivity index (χ0v) is 16.0. The van der Waals surface area contributed by atoms with Gasteiger partial charge in [0.25, 0.3) is 0 Å². The summed E-state index contributed by atoms with van der Waals surface area (Å²) in [5.74, 6) is 0.983. The molecule has 1 aliphatic rings. The molecule has 0 unspecified atom stereocenters. The van der Waals surface area contributed by atoms with Crippen LogP contribution in [0.4, 0.5) is 5.69 Å². The van der Waals surface area contributed by atoms with Crippen molar-refractivity contribution in [3.8, 4) is 5.75 Å². The van der Waals surface area contributed by atoms with E-state index in [-0.39, 0.29) is 5.78 Å². The molecule has 26 heavy (non-hydrogen) atoms. The fourth-order valence-electron chi connectivity index (χ4n) is 3.45. The van der Waals surface area contributed by atoms with Crippen molar-refractivity contribution in [3.63, 3.8) is 0 Å². The number of ether oxygens (including phenoxy) is 1. The molecule has 0 amide bonds. The Bertz CT molecular complexity index is 764. The van der Waals surface area contributed by atoms with Crippen LogP contribution in [0.3, 0.4) is 0 Å². The van der Waals surface area contributed by atoms with Crippen LogP contribution in [0.2, 0.25) is 0 Å². The van der Waals surface area contributed by atoms with Crippen LogP contribution in [-0.4, -0.2) is 43.5 Å². The molecule has 2 aromatic carbocycles. The van der Waals surface area contributed by atoms with Gasteiger partial charge in [-0.3, -0.25) is 9.69 Å². The molecule has 2 aromatic rings. The first-order chi connectivity index (χ1) is 12.6. The van der Waals surface area contributed by atoms with Crippen molar-refractivity contribution >= 4 is 11.5 Å². The number of benzene rings is 2. The Morgan fingerprint density at radius 1 is 1.08 bits per heavy atom. The third kappa shape index (κ3) is 4.44. The summed E-state index contributed by atoms with van der Waals surface area (Å²) in [5.41, 5.74) is 4.45. The van der Waals surface area contributed by atoms with E-state index < -0.39 is 0 Å². The van der Waals surface area contributed by atoms with Gasteiger partial charge in [0, 0.05) is 49.5 Å². The predicted molar refractivity (Wildman–Crippen MR) is 106 cm³/mol. The van der Waals surface area contributed by atoms with E-state index in [4.69, 9.17) is 4.74 Å². The van der Waals surface area contributed by atoms with E-state index in [0.717, 1.165) is 49.6 Å². The molecule has 0 saturated carbocycles. The van der Waals surface area contributed by atoms with Crippen LogP contribution >= 0.6 is 0 Å². The van der Waals surface area contributed by atoms with Gasteiger partial charge in [-0.15, -0.1) is 0 Å². The van der Waals surface area contributed by atoms with Gasteiger partial charge in [0.2, 0.25) is 0 Å². The average molecular weight is 352 g/mol. The monoisotopic (exact) mass is 352 g/mol. The number of aryl methyl sites for hydroxylation is 1. The molecule has 4 heteroatoms. The molecule has 0 N–H and O–H groups in total. The molecule has 4 nitrogen and oxygen atoms in total. The number of ketones is 1. The lowest BCUT2D eigenvalue weighted by Crippen LogP contribution is -2.46. The maximum Gasteiger partial charge on any atom is 0.159 e. The fraction of sp³-hybridized carbons (Fsp3) is 0.409. The summed E-state index contributed by atoms with van der Waals surface area (Å²) in [7, 11) is 0. The number of hydrogen-bond acceptors (Lipinski definition) is 4. The van der Waals surface area contributed by atoms with Gasteiger partial charge >= 0.3 is 0 Å². The summed E-state index contributed by atoms with van der Waals surface area (Å²) in [5, 5.41) is 0. The van der Waals surface area contributed by atoms with Crippen molar-refractivity contribution in [3.05, 3.63) is 59.2 Å². The number of carbonyl (C=O) groups is 1. The van der Waals surface area contributed by atoms with E-state index in [1.807, 2.05) is 25.1 Å². The van der Waals surface area contributed by atoms with E-state index in [1.165, 1.54) is 11.3 Å². The maximum atomic E-state index is 11.7. The lowest BCUT2D eigenvalue weighted by molar-refractivity contribution is 0.101. The summed E-state index contributed by atoms with van der Waals surface area (Å²) in [6.45, 7) is 11.2. The molecule has 1 heterocycles. The fourth-order valence-corrected chi connectivity index (χ4v) is 3.45. The van der Waals surface area contributed by atoms with Crippen LogP contribution < -0.4 is 9.64 Å².